The Morgan fingerprint density at radius 3 is 2.74 bits per heavy atom. The Balaban J connectivity index is 1.55. The maximum absolute atomic E-state index is 15.1. The van der Waals surface area contributed by atoms with E-state index in [0.29, 0.717) is 31.6 Å². The second kappa shape index (κ2) is 9.89. The number of methoxy groups -OCH3 is 1. The number of nitrogens with one attached hydrogen (secondary N) is 1. The summed E-state index contributed by atoms with van der Waals surface area (Å²) in [7, 11) is 1.38. The van der Waals surface area contributed by atoms with Gasteiger partial charge < -0.3 is 20.5 Å². The van der Waals surface area contributed by atoms with Crippen molar-refractivity contribution in [3.63, 3.8) is 0 Å². The van der Waals surface area contributed by atoms with Crippen LogP contribution in [0.1, 0.15) is 40.4 Å². The maximum Gasteiger partial charge on any atom is 0.255 e. The van der Waals surface area contributed by atoms with Gasteiger partial charge in [-0.2, -0.15) is 10.4 Å². The number of rotatable bonds is 6. The third kappa shape index (κ3) is 4.56. The van der Waals surface area contributed by atoms with Crippen LogP contribution in [0.4, 0.5) is 14.6 Å². The fourth-order valence-corrected chi connectivity index (χ4v) is 3.95. The third-order valence-electron chi connectivity index (χ3n) is 5.74. The van der Waals surface area contributed by atoms with Gasteiger partial charge in [-0.25, -0.2) is 13.5 Å². The molecule has 10 heteroatoms. The number of nitrogens with two attached hydrogens (primary N) is 1. The molecule has 1 amide bonds. The van der Waals surface area contributed by atoms with E-state index in [2.05, 4.69) is 10.4 Å². The standard InChI is InChI=1S/C24H23F2N5O3/c1-33-21-5-3-15(25)11-18(21)24(32)29-13-14-2-4-17(20(26)10-14)22-19(12-27)23(28)31(30-22)16-6-8-34-9-7-16/h2-5,10-11,16H,6-9,13,28H2,1H3,(H,29,32). The summed E-state index contributed by atoms with van der Waals surface area (Å²) in [5, 5.41) is 16.7. The van der Waals surface area contributed by atoms with E-state index in [1.54, 1.807) is 10.7 Å². The molecule has 0 atom stereocenters. The highest BCUT2D eigenvalue weighted by Crippen LogP contribution is 2.33. The number of nitrogen functional groups attached to an aromatic ring is 1. The van der Waals surface area contributed by atoms with Gasteiger partial charge in [0, 0.05) is 25.3 Å². The highest BCUT2D eigenvalue weighted by molar-refractivity contribution is 5.96. The summed E-state index contributed by atoms with van der Waals surface area (Å²) >= 11 is 0. The molecule has 1 saturated heterocycles. The Hall–Kier alpha value is -3.97. The lowest BCUT2D eigenvalue weighted by Gasteiger charge is -2.23. The first-order chi connectivity index (χ1) is 16.4. The number of nitriles is 1. The Morgan fingerprint density at radius 2 is 2.06 bits per heavy atom. The number of carbonyl (C=O) groups is 1. The molecule has 8 nitrogen and oxygen atoms in total. The molecule has 0 unspecified atom stereocenters. The van der Waals surface area contributed by atoms with Gasteiger partial charge in [0.05, 0.1) is 18.7 Å². The number of carbonyl (C=O) groups excluding carboxylic acids is 1. The molecule has 0 bridgehead atoms. The minimum Gasteiger partial charge on any atom is -0.496 e. The lowest BCUT2D eigenvalue weighted by atomic mass is 10.0. The Morgan fingerprint density at radius 1 is 1.29 bits per heavy atom. The van der Waals surface area contributed by atoms with E-state index in [4.69, 9.17) is 15.2 Å². The van der Waals surface area contributed by atoms with Crippen LogP contribution in [0.2, 0.25) is 0 Å². The fourth-order valence-electron chi connectivity index (χ4n) is 3.95. The minimum atomic E-state index is -0.608. The lowest BCUT2D eigenvalue weighted by molar-refractivity contribution is 0.0669. The second-order valence-corrected chi connectivity index (χ2v) is 7.85. The van der Waals surface area contributed by atoms with Gasteiger partial charge in [0.1, 0.15) is 40.5 Å². The molecular weight excluding hydrogens is 444 g/mol. The molecule has 0 radical (unpaired) electrons. The van der Waals surface area contributed by atoms with Crippen LogP contribution in [-0.2, 0) is 11.3 Å². The van der Waals surface area contributed by atoms with Gasteiger partial charge in [-0.05, 0) is 48.7 Å². The highest BCUT2D eigenvalue weighted by Gasteiger charge is 2.25. The molecular formula is C24H23F2N5O3. The summed E-state index contributed by atoms with van der Waals surface area (Å²) in [4.78, 5) is 12.5. The third-order valence-corrected chi connectivity index (χ3v) is 5.74. The first kappa shape index (κ1) is 23.2. The van der Waals surface area contributed by atoms with Crippen molar-refractivity contribution in [1.82, 2.24) is 15.1 Å². The van der Waals surface area contributed by atoms with Crippen LogP contribution in [0.3, 0.4) is 0 Å². The summed E-state index contributed by atoms with van der Waals surface area (Å²) in [6.45, 7) is 1.13. The van der Waals surface area contributed by atoms with Crippen molar-refractivity contribution in [3.05, 3.63) is 64.7 Å². The number of benzene rings is 2. The second-order valence-electron chi connectivity index (χ2n) is 7.85. The van der Waals surface area contributed by atoms with Crippen molar-refractivity contribution >= 4 is 11.7 Å². The molecule has 2 heterocycles. The predicted molar refractivity (Wildman–Crippen MR) is 120 cm³/mol. The molecule has 1 aliphatic rings. The van der Waals surface area contributed by atoms with E-state index in [1.807, 2.05) is 6.07 Å². The van der Waals surface area contributed by atoms with Crippen LogP contribution in [0.5, 0.6) is 5.75 Å². The van der Waals surface area contributed by atoms with Gasteiger partial charge >= 0.3 is 0 Å². The van der Waals surface area contributed by atoms with Crippen LogP contribution in [0, 0.1) is 23.0 Å². The molecule has 3 aromatic rings. The van der Waals surface area contributed by atoms with Crippen LogP contribution in [0.25, 0.3) is 11.3 Å². The van der Waals surface area contributed by atoms with Crippen LogP contribution >= 0.6 is 0 Å². The van der Waals surface area contributed by atoms with Crippen LogP contribution in [-0.4, -0.2) is 36.0 Å². The van der Waals surface area contributed by atoms with E-state index >= 15 is 4.39 Å². The summed E-state index contributed by atoms with van der Waals surface area (Å²) in [6, 6.07) is 9.99. The first-order valence-corrected chi connectivity index (χ1v) is 10.7. The Labute approximate surface area is 194 Å². The maximum atomic E-state index is 15.1. The molecule has 3 N–H and O–H groups in total. The fraction of sp³-hybridized carbons (Fsp3) is 0.292. The van der Waals surface area contributed by atoms with Crippen molar-refractivity contribution in [3.8, 4) is 23.1 Å². The minimum absolute atomic E-state index is 0.000534. The van der Waals surface area contributed by atoms with E-state index in [1.165, 1.54) is 31.4 Å². The summed E-state index contributed by atoms with van der Waals surface area (Å²) in [5.41, 5.74) is 7.09. The zero-order chi connectivity index (χ0) is 24.2. The largest absolute Gasteiger partial charge is 0.496 e. The molecule has 0 saturated carbocycles. The predicted octanol–water partition coefficient (Wildman–Crippen LogP) is 3.57. The normalized spacial score (nSPS) is 13.9. The SMILES string of the molecule is COc1ccc(F)cc1C(=O)NCc1ccc(-c2nn(C3CCOCC3)c(N)c2C#N)c(F)c1. The van der Waals surface area contributed by atoms with Crippen molar-refractivity contribution in [1.29, 1.82) is 5.26 Å². The quantitative estimate of drug-likeness (QED) is 0.573. The number of anilines is 1. The zero-order valence-corrected chi connectivity index (χ0v) is 18.5. The molecule has 0 spiro atoms. The van der Waals surface area contributed by atoms with E-state index in [0.717, 1.165) is 6.07 Å². The number of hydrogen-bond donors (Lipinski definition) is 2. The Kier molecular flexibility index (Phi) is 6.75. The highest BCUT2D eigenvalue weighted by atomic mass is 19.1. The lowest BCUT2D eigenvalue weighted by Crippen LogP contribution is -2.23. The molecule has 0 aliphatic carbocycles. The summed E-state index contributed by atoms with van der Waals surface area (Å²) in [5.74, 6) is -1.32. The van der Waals surface area contributed by atoms with Crippen molar-refractivity contribution in [2.24, 2.45) is 0 Å². The van der Waals surface area contributed by atoms with Gasteiger partial charge in [0.2, 0.25) is 0 Å². The van der Waals surface area contributed by atoms with Gasteiger partial charge in [-0.1, -0.05) is 6.07 Å². The molecule has 1 fully saturated rings. The molecule has 1 aliphatic heterocycles. The van der Waals surface area contributed by atoms with Gasteiger partial charge in [-0.15, -0.1) is 0 Å². The Bertz CT molecular complexity index is 1260. The number of halogens is 2. The van der Waals surface area contributed by atoms with E-state index in [9.17, 15) is 14.4 Å². The van der Waals surface area contributed by atoms with E-state index < -0.39 is 17.5 Å². The van der Waals surface area contributed by atoms with Gasteiger partial charge in [0.15, 0.2) is 0 Å². The molecule has 1 aromatic heterocycles. The molecule has 2 aromatic carbocycles. The van der Waals surface area contributed by atoms with Gasteiger partial charge in [-0.3, -0.25) is 4.79 Å². The summed E-state index contributed by atoms with van der Waals surface area (Å²) in [6.07, 6.45) is 1.40. The number of amides is 1. The molecule has 4 rings (SSSR count). The van der Waals surface area contributed by atoms with Crippen LogP contribution in [0.15, 0.2) is 36.4 Å². The molecule has 176 valence electrons. The monoisotopic (exact) mass is 467 g/mol. The molecule has 34 heavy (non-hydrogen) atoms. The first-order valence-electron chi connectivity index (χ1n) is 10.7. The number of aromatic nitrogens is 2. The van der Waals surface area contributed by atoms with Crippen molar-refractivity contribution < 1.29 is 23.0 Å². The number of ether oxygens (including phenoxy) is 2. The van der Waals surface area contributed by atoms with Crippen molar-refractivity contribution in [2.45, 2.75) is 25.4 Å². The number of nitrogens with zero attached hydrogens (tertiary/aromatic N) is 3. The average molecular weight is 467 g/mol. The topological polar surface area (TPSA) is 115 Å². The van der Waals surface area contributed by atoms with Crippen LogP contribution < -0.4 is 15.8 Å². The number of hydrogen-bond acceptors (Lipinski definition) is 6. The van der Waals surface area contributed by atoms with E-state index in [-0.39, 0.29) is 46.5 Å². The smallest absolute Gasteiger partial charge is 0.255 e. The van der Waals surface area contributed by atoms with Gasteiger partial charge in [0.25, 0.3) is 5.91 Å². The zero-order valence-electron chi connectivity index (χ0n) is 18.5. The van der Waals surface area contributed by atoms with Crippen molar-refractivity contribution in [2.75, 3.05) is 26.1 Å². The summed E-state index contributed by atoms with van der Waals surface area (Å²) < 4.78 is 40.6. The average Bonchev–Trinajstić information content (AvgIpc) is 3.18.